The third-order valence-electron chi connectivity index (χ3n) is 3.62. The Labute approximate surface area is 122 Å². The number of methoxy groups -OCH3 is 1. The summed E-state index contributed by atoms with van der Waals surface area (Å²) in [5.41, 5.74) is 0. The van der Waals surface area contributed by atoms with E-state index in [4.69, 9.17) is 9.47 Å². The standard InChI is InChI=1S/C15H29NO4/c1-11(2)8-14(15(18)19-3)16-9-12(17)10-20-13-6-4-5-7-13/h11-14,16-17H,4-10H2,1-3H3. The maximum absolute atomic E-state index is 11.6. The van der Waals surface area contributed by atoms with Crippen LogP contribution in [-0.2, 0) is 14.3 Å². The van der Waals surface area contributed by atoms with Gasteiger partial charge in [-0.3, -0.25) is 4.79 Å². The molecule has 0 aromatic carbocycles. The van der Waals surface area contributed by atoms with Crippen molar-refractivity contribution in [2.45, 2.75) is 64.2 Å². The molecule has 5 heteroatoms. The van der Waals surface area contributed by atoms with E-state index in [1.54, 1.807) is 0 Å². The van der Waals surface area contributed by atoms with Gasteiger partial charge in [-0.1, -0.05) is 26.7 Å². The topological polar surface area (TPSA) is 67.8 Å². The number of carbonyl (C=O) groups is 1. The molecule has 0 bridgehead atoms. The predicted molar refractivity (Wildman–Crippen MR) is 77.5 cm³/mol. The van der Waals surface area contributed by atoms with Crippen molar-refractivity contribution >= 4 is 5.97 Å². The van der Waals surface area contributed by atoms with Crippen molar-refractivity contribution in [2.75, 3.05) is 20.3 Å². The monoisotopic (exact) mass is 287 g/mol. The van der Waals surface area contributed by atoms with Gasteiger partial charge in [0.2, 0.25) is 0 Å². The Kier molecular flexibility index (Phi) is 8.11. The first-order chi connectivity index (χ1) is 9.52. The summed E-state index contributed by atoms with van der Waals surface area (Å²) < 4.78 is 10.4. The first kappa shape index (κ1) is 17.4. The first-order valence-corrected chi connectivity index (χ1v) is 7.63. The van der Waals surface area contributed by atoms with E-state index < -0.39 is 6.10 Å². The molecule has 0 aromatic heterocycles. The van der Waals surface area contributed by atoms with Crippen molar-refractivity contribution in [1.82, 2.24) is 5.32 Å². The average molecular weight is 287 g/mol. The molecule has 2 N–H and O–H groups in total. The van der Waals surface area contributed by atoms with Crippen molar-refractivity contribution in [3.63, 3.8) is 0 Å². The van der Waals surface area contributed by atoms with Gasteiger partial charge in [0.05, 0.1) is 25.9 Å². The highest BCUT2D eigenvalue weighted by atomic mass is 16.5. The molecule has 0 aliphatic heterocycles. The van der Waals surface area contributed by atoms with Crippen LogP contribution < -0.4 is 5.32 Å². The van der Waals surface area contributed by atoms with Crippen LogP contribution in [0.5, 0.6) is 0 Å². The minimum absolute atomic E-state index is 0.275. The summed E-state index contributed by atoms with van der Waals surface area (Å²) in [4.78, 5) is 11.6. The molecule has 0 amide bonds. The second-order valence-electron chi connectivity index (χ2n) is 6.01. The van der Waals surface area contributed by atoms with Crippen molar-refractivity contribution in [3.05, 3.63) is 0 Å². The Morgan fingerprint density at radius 2 is 2.00 bits per heavy atom. The van der Waals surface area contributed by atoms with E-state index in [1.165, 1.54) is 20.0 Å². The van der Waals surface area contributed by atoms with Gasteiger partial charge in [0, 0.05) is 6.54 Å². The summed E-state index contributed by atoms with van der Waals surface area (Å²) >= 11 is 0. The predicted octanol–water partition coefficient (Wildman–Crippen LogP) is 1.48. The largest absolute Gasteiger partial charge is 0.468 e. The Morgan fingerprint density at radius 3 is 2.55 bits per heavy atom. The number of nitrogens with one attached hydrogen (secondary N) is 1. The molecule has 1 aliphatic rings. The van der Waals surface area contributed by atoms with Crippen LogP contribution in [-0.4, -0.2) is 49.6 Å². The lowest BCUT2D eigenvalue weighted by Crippen LogP contribution is -2.43. The Bertz CT molecular complexity index is 277. The van der Waals surface area contributed by atoms with E-state index in [-0.39, 0.29) is 12.0 Å². The quantitative estimate of drug-likeness (QED) is 0.629. The molecule has 0 spiro atoms. The molecular weight excluding hydrogens is 258 g/mol. The van der Waals surface area contributed by atoms with Gasteiger partial charge in [0.15, 0.2) is 0 Å². The zero-order valence-corrected chi connectivity index (χ0v) is 12.9. The van der Waals surface area contributed by atoms with Crippen LogP contribution in [0.1, 0.15) is 46.0 Å². The van der Waals surface area contributed by atoms with E-state index in [9.17, 15) is 9.90 Å². The maximum Gasteiger partial charge on any atom is 0.322 e. The van der Waals surface area contributed by atoms with Gasteiger partial charge in [-0.15, -0.1) is 0 Å². The molecular formula is C15H29NO4. The molecule has 2 unspecified atom stereocenters. The minimum atomic E-state index is -0.588. The fourth-order valence-corrected chi connectivity index (χ4v) is 2.52. The molecule has 0 aromatic rings. The smallest absolute Gasteiger partial charge is 0.322 e. The van der Waals surface area contributed by atoms with Crippen LogP contribution >= 0.6 is 0 Å². The number of hydrogen-bond acceptors (Lipinski definition) is 5. The second-order valence-corrected chi connectivity index (χ2v) is 6.01. The summed E-state index contributed by atoms with van der Waals surface area (Å²) in [6.45, 7) is 4.78. The number of hydrogen-bond donors (Lipinski definition) is 2. The molecule has 118 valence electrons. The third kappa shape index (κ3) is 6.68. The highest BCUT2D eigenvalue weighted by molar-refractivity contribution is 5.75. The number of carbonyl (C=O) groups excluding carboxylic acids is 1. The fourth-order valence-electron chi connectivity index (χ4n) is 2.52. The molecule has 1 fully saturated rings. The second kappa shape index (κ2) is 9.32. The highest BCUT2D eigenvalue weighted by Gasteiger charge is 2.22. The zero-order chi connectivity index (χ0) is 15.0. The third-order valence-corrected chi connectivity index (χ3v) is 3.62. The van der Waals surface area contributed by atoms with Crippen LogP contribution in [0.3, 0.4) is 0 Å². The lowest BCUT2D eigenvalue weighted by molar-refractivity contribution is -0.143. The number of ether oxygens (including phenoxy) is 2. The van der Waals surface area contributed by atoms with Crippen molar-refractivity contribution < 1.29 is 19.4 Å². The number of aliphatic hydroxyl groups is 1. The van der Waals surface area contributed by atoms with Crippen molar-refractivity contribution in [3.8, 4) is 0 Å². The molecule has 1 saturated carbocycles. The minimum Gasteiger partial charge on any atom is -0.468 e. The number of aliphatic hydroxyl groups excluding tert-OH is 1. The Balaban J connectivity index is 2.24. The van der Waals surface area contributed by atoms with Crippen LogP contribution in [0.4, 0.5) is 0 Å². The normalized spacial score (nSPS) is 19.2. The SMILES string of the molecule is COC(=O)C(CC(C)C)NCC(O)COC1CCCC1. The Morgan fingerprint density at radius 1 is 1.35 bits per heavy atom. The van der Waals surface area contributed by atoms with Gasteiger partial charge in [-0.05, 0) is 25.2 Å². The van der Waals surface area contributed by atoms with Crippen LogP contribution in [0, 0.1) is 5.92 Å². The van der Waals surface area contributed by atoms with Crippen LogP contribution in [0.15, 0.2) is 0 Å². The summed E-state index contributed by atoms with van der Waals surface area (Å²) in [7, 11) is 1.39. The molecule has 1 rings (SSSR count). The summed E-state index contributed by atoms with van der Waals surface area (Å²) in [6, 6.07) is -0.360. The van der Waals surface area contributed by atoms with Gasteiger partial charge >= 0.3 is 5.97 Å². The molecule has 1 aliphatic carbocycles. The van der Waals surface area contributed by atoms with Gasteiger partial charge < -0.3 is 19.9 Å². The van der Waals surface area contributed by atoms with E-state index in [2.05, 4.69) is 19.2 Å². The number of esters is 1. The van der Waals surface area contributed by atoms with E-state index in [0.29, 0.717) is 31.6 Å². The lowest BCUT2D eigenvalue weighted by Gasteiger charge is -2.21. The first-order valence-electron chi connectivity index (χ1n) is 7.63. The van der Waals surface area contributed by atoms with Crippen molar-refractivity contribution in [2.24, 2.45) is 5.92 Å². The van der Waals surface area contributed by atoms with E-state index >= 15 is 0 Å². The lowest BCUT2D eigenvalue weighted by atomic mass is 10.0. The molecule has 0 saturated heterocycles. The van der Waals surface area contributed by atoms with Gasteiger partial charge in [0.25, 0.3) is 0 Å². The van der Waals surface area contributed by atoms with Crippen LogP contribution in [0.25, 0.3) is 0 Å². The maximum atomic E-state index is 11.6. The van der Waals surface area contributed by atoms with Gasteiger partial charge in [0.1, 0.15) is 6.04 Å². The number of rotatable bonds is 9. The molecule has 0 radical (unpaired) electrons. The van der Waals surface area contributed by atoms with Gasteiger partial charge in [-0.2, -0.15) is 0 Å². The summed E-state index contributed by atoms with van der Waals surface area (Å²) in [5, 5.41) is 13.0. The van der Waals surface area contributed by atoms with Crippen molar-refractivity contribution in [1.29, 1.82) is 0 Å². The van der Waals surface area contributed by atoms with Gasteiger partial charge in [-0.25, -0.2) is 0 Å². The van der Waals surface area contributed by atoms with Crippen LogP contribution in [0.2, 0.25) is 0 Å². The summed E-state index contributed by atoms with van der Waals surface area (Å²) in [6.07, 6.45) is 5.04. The molecule has 0 heterocycles. The zero-order valence-electron chi connectivity index (χ0n) is 12.9. The average Bonchev–Trinajstić information content (AvgIpc) is 2.93. The summed E-state index contributed by atoms with van der Waals surface area (Å²) in [5.74, 6) is 0.112. The van der Waals surface area contributed by atoms with E-state index in [1.807, 2.05) is 0 Å². The molecule has 2 atom stereocenters. The molecule has 20 heavy (non-hydrogen) atoms. The fraction of sp³-hybridized carbons (Fsp3) is 0.933. The Hall–Kier alpha value is -0.650. The highest BCUT2D eigenvalue weighted by Crippen LogP contribution is 2.20. The molecule has 5 nitrogen and oxygen atoms in total. The van der Waals surface area contributed by atoms with E-state index in [0.717, 1.165) is 12.8 Å².